The number of benzene rings is 1. The molecule has 0 amide bonds. The van der Waals surface area contributed by atoms with Gasteiger partial charge in [0, 0.05) is 6.42 Å². The molecule has 0 spiro atoms. The summed E-state index contributed by atoms with van der Waals surface area (Å²) in [5, 5.41) is 0. The number of methoxy groups -OCH3 is 1. The molecule has 2 N–H and O–H groups in total. The van der Waals surface area contributed by atoms with Crippen molar-refractivity contribution in [2.24, 2.45) is 5.73 Å². The highest BCUT2D eigenvalue weighted by Gasteiger charge is 2.22. The standard InChI is InChI=1S/C17H27NO3/c1-6-17(3,4)13-8-9-15(20-5)12(10-13)11-14(18)16(19)21-7-2/h8-10,14H,6-7,11,18H2,1-5H3. The Kier molecular flexibility index (Phi) is 6.21. The summed E-state index contributed by atoms with van der Waals surface area (Å²) < 4.78 is 10.3. The van der Waals surface area contributed by atoms with Crippen LogP contribution in [0.15, 0.2) is 18.2 Å². The van der Waals surface area contributed by atoms with Gasteiger partial charge in [-0.15, -0.1) is 0 Å². The molecule has 0 saturated carbocycles. The molecule has 0 aromatic heterocycles. The Bertz CT molecular complexity index is 483. The molecule has 4 heteroatoms. The van der Waals surface area contributed by atoms with Crippen LogP contribution < -0.4 is 10.5 Å². The van der Waals surface area contributed by atoms with Crippen molar-refractivity contribution in [1.82, 2.24) is 0 Å². The van der Waals surface area contributed by atoms with Crippen molar-refractivity contribution in [3.05, 3.63) is 29.3 Å². The summed E-state index contributed by atoms with van der Waals surface area (Å²) in [4.78, 5) is 11.7. The number of hydrogen-bond donors (Lipinski definition) is 1. The van der Waals surface area contributed by atoms with E-state index in [-0.39, 0.29) is 11.4 Å². The van der Waals surface area contributed by atoms with Gasteiger partial charge in [0.05, 0.1) is 13.7 Å². The largest absolute Gasteiger partial charge is 0.496 e. The Morgan fingerprint density at radius 3 is 2.52 bits per heavy atom. The molecule has 0 aliphatic rings. The minimum Gasteiger partial charge on any atom is -0.496 e. The van der Waals surface area contributed by atoms with E-state index >= 15 is 0 Å². The lowest BCUT2D eigenvalue weighted by molar-refractivity contribution is -0.144. The van der Waals surface area contributed by atoms with E-state index in [4.69, 9.17) is 15.2 Å². The second-order valence-electron chi connectivity index (χ2n) is 5.83. The Hall–Kier alpha value is -1.55. The van der Waals surface area contributed by atoms with Crippen molar-refractivity contribution in [1.29, 1.82) is 0 Å². The number of carbonyl (C=O) groups is 1. The quantitative estimate of drug-likeness (QED) is 0.785. The highest BCUT2D eigenvalue weighted by Crippen LogP contribution is 2.31. The van der Waals surface area contributed by atoms with Crippen molar-refractivity contribution in [3.63, 3.8) is 0 Å². The Morgan fingerprint density at radius 1 is 1.33 bits per heavy atom. The summed E-state index contributed by atoms with van der Waals surface area (Å²) in [6.45, 7) is 8.67. The zero-order chi connectivity index (χ0) is 16.0. The van der Waals surface area contributed by atoms with E-state index in [1.165, 1.54) is 5.56 Å². The first kappa shape index (κ1) is 17.5. The molecule has 1 aromatic carbocycles. The summed E-state index contributed by atoms with van der Waals surface area (Å²) in [5.41, 5.74) is 8.16. The molecule has 0 heterocycles. The number of hydrogen-bond acceptors (Lipinski definition) is 4. The fourth-order valence-electron chi connectivity index (χ4n) is 2.13. The van der Waals surface area contributed by atoms with Crippen molar-refractivity contribution in [2.75, 3.05) is 13.7 Å². The highest BCUT2D eigenvalue weighted by atomic mass is 16.5. The molecule has 1 atom stereocenters. The first-order valence-electron chi connectivity index (χ1n) is 7.45. The van der Waals surface area contributed by atoms with Crippen LogP contribution >= 0.6 is 0 Å². The average molecular weight is 293 g/mol. The molecule has 4 nitrogen and oxygen atoms in total. The van der Waals surface area contributed by atoms with Crippen LogP contribution in [0.4, 0.5) is 0 Å². The van der Waals surface area contributed by atoms with Gasteiger partial charge in [-0.2, -0.15) is 0 Å². The minimum atomic E-state index is -0.668. The van der Waals surface area contributed by atoms with Crippen LogP contribution in [0.2, 0.25) is 0 Å². The van der Waals surface area contributed by atoms with Crippen LogP contribution in [0.25, 0.3) is 0 Å². The third-order valence-electron chi connectivity index (χ3n) is 3.97. The summed E-state index contributed by atoms with van der Waals surface area (Å²) >= 11 is 0. The maximum absolute atomic E-state index is 11.7. The first-order valence-corrected chi connectivity index (χ1v) is 7.45. The van der Waals surface area contributed by atoms with E-state index < -0.39 is 6.04 Å². The van der Waals surface area contributed by atoms with E-state index in [9.17, 15) is 4.79 Å². The Balaban J connectivity index is 3.04. The second-order valence-corrected chi connectivity index (χ2v) is 5.83. The SMILES string of the molecule is CCOC(=O)C(N)Cc1cc(C(C)(C)CC)ccc1OC. The molecular formula is C17H27NO3. The zero-order valence-electron chi connectivity index (χ0n) is 13.7. The molecule has 0 aliphatic carbocycles. The van der Waals surface area contributed by atoms with E-state index in [2.05, 4.69) is 32.9 Å². The Labute approximate surface area is 127 Å². The number of esters is 1. The van der Waals surface area contributed by atoms with Gasteiger partial charge in [-0.1, -0.05) is 32.9 Å². The third-order valence-corrected chi connectivity index (χ3v) is 3.97. The molecule has 0 fully saturated rings. The van der Waals surface area contributed by atoms with Crippen molar-refractivity contribution >= 4 is 5.97 Å². The minimum absolute atomic E-state index is 0.0784. The number of rotatable bonds is 7. The zero-order valence-corrected chi connectivity index (χ0v) is 13.7. The molecule has 1 unspecified atom stereocenters. The van der Waals surface area contributed by atoms with E-state index in [0.29, 0.717) is 13.0 Å². The van der Waals surface area contributed by atoms with Gasteiger partial charge in [0.15, 0.2) is 0 Å². The fraction of sp³-hybridized carbons (Fsp3) is 0.588. The molecule has 0 aliphatic heterocycles. The summed E-state index contributed by atoms with van der Waals surface area (Å²) in [7, 11) is 1.62. The maximum atomic E-state index is 11.7. The van der Waals surface area contributed by atoms with Crippen molar-refractivity contribution < 1.29 is 14.3 Å². The van der Waals surface area contributed by atoms with Crippen LogP contribution in [0, 0.1) is 0 Å². The normalized spacial score (nSPS) is 12.9. The maximum Gasteiger partial charge on any atom is 0.323 e. The van der Waals surface area contributed by atoms with Crippen molar-refractivity contribution in [2.45, 2.75) is 52.0 Å². The smallest absolute Gasteiger partial charge is 0.323 e. The molecule has 1 rings (SSSR count). The lowest BCUT2D eigenvalue weighted by Gasteiger charge is -2.25. The second kappa shape index (κ2) is 7.46. The summed E-state index contributed by atoms with van der Waals surface area (Å²) in [6.07, 6.45) is 1.44. The van der Waals surface area contributed by atoms with Crippen LogP contribution in [-0.2, 0) is 21.4 Å². The summed E-state index contributed by atoms with van der Waals surface area (Å²) in [5.74, 6) is 0.380. The van der Waals surface area contributed by atoms with Crippen LogP contribution in [0.1, 0.15) is 45.2 Å². The number of carbonyl (C=O) groups excluding carboxylic acids is 1. The highest BCUT2D eigenvalue weighted by molar-refractivity contribution is 5.76. The van der Waals surface area contributed by atoms with Gasteiger partial charge in [0.2, 0.25) is 0 Å². The number of ether oxygens (including phenoxy) is 2. The molecule has 0 saturated heterocycles. The van der Waals surface area contributed by atoms with Gasteiger partial charge in [-0.05, 0) is 36.0 Å². The lowest BCUT2D eigenvalue weighted by Crippen LogP contribution is -2.34. The number of nitrogens with two attached hydrogens (primary N) is 1. The van der Waals surface area contributed by atoms with Gasteiger partial charge in [-0.3, -0.25) is 4.79 Å². The van der Waals surface area contributed by atoms with Crippen LogP contribution in [0.5, 0.6) is 5.75 Å². The van der Waals surface area contributed by atoms with Crippen LogP contribution in [-0.4, -0.2) is 25.7 Å². The van der Waals surface area contributed by atoms with Gasteiger partial charge < -0.3 is 15.2 Å². The fourth-order valence-corrected chi connectivity index (χ4v) is 2.13. The summed E-state index contributed by atoms with van der Waals surface area (Å²) in [6, 6.07) is 5.43. The molecule has 1 aromatic rings. The third kappa shape index (κ3) is 4.46. The molecule has 0 radical (unpaired) electrons. The predicted octanol–water partition coefficient (Wildman–Crippen LogP) is 2.82. The van der Waals surface area contributed by atoms with E-state index in [1.54, 1.807) is 14.0 Å². The van der Waals surface area contributed by atoms with Gasteiger partial charge in [0.25, 0.3) is 0 Å². The molecule has 21 heavy (non-hydrogen) atoms. The molecule has 118 valence electrons. The van der Waals surface area contributed by atoms with Gasteiger partial charge in [0.1, 0.15) is 11.8 Å². The topological polar surface area (TPSA) is 61.5 Å². The van der Waals surface area contributed by atoms with Crippen LogP contribution in [0.3, 0.4) is 0 Å². The van der Waals surface area contributed by atoms with E-state index in [1.807, 2.05) is 6.07 Å². The van der Waals surface area contributed by atoms with Gasteiger partial charge in [-0.25, -0.2) is 0 Å². The lowest BCUT2D eigenvalue weighted by atomic mass is 9.81. The molecular weight excluding hydrogens is 266 g/mol. The van der Waals surface area contributed by atoms with Gasteiger partial charge >= 0.3 is 5.97 Å². The van der Waals surface area contributed by atoms with Crippen molar-refractivity contribution in [3.8, 4) is 5.75 Å². The Morgan fingerprint density at radius 2 is 2.00 bits per heavy atom. The first-order chi connectivity index (χ1) is 9.85. The molecule has 0 bridgehead atoms. The van der Waals surface area contributed by atoms with E-state index in [0.717, 1.165) is 17.7 Å². The predicted molar refractivity (Wildman–Crippen MR) is 84.6 cm³/mol. The monoisotopic (exact) mass is 293 g/mol. The average Bonchev–Trinajstić information content (AvgIpc) is 2.47.